The Hall–Kier alpha value is -2.65. The molecule has 0 aliphatic carbocycles. The molecule has 0 aliphatic rings. The number of thioether (sulfide) groups is 1. The van der Waals surface area contributed by atoms with Gasteiger partial charge in [-0.05, 0) is 23.9 Å². The second kappa shape index (κ2) is 9.52. The van der Waals surface area contributed by atoms with Crippen molar-refractivity contribution < 1.29 is 9.59 Å². The van der Waals surface area contributed by atoms with E-state index in [1.54, 1.807) is 35.6 Å². The Kier molecular flexibility index (Phi) is 6.83. The molecule has 0 fully saturated rings. The number of thiophene rings is 1. The Balaban J connectivity index is 1.66. The van der Waals surface area contributed by atoms with Gasteiger partial charge in [-0.25, -0.2) is 4.68 Å². The summed E-state index contributed by atoms with van der Waals surface area (Å²) in [5, 5.41) is 7.07. The number of hydrogen-bond acceptors (Lipinski definition) is 6. The number of hydrogen-bond donors (Lipinski definition) is 2. The van der Waals surface area contributed by atoms with E-state index in [2.05, 4.69) is 16.0 Å². The van der Waals surface area contributed by atoms with Crippen LogP contribution in [-0.4, -0.2) is 27.3 Å². The summed E-state index contributed by atoms with van der Waals surface area (Å²) in [7, 11) is 0. The van der Waals surface area contributed by atoms with Crippen LogP contribution in [0, 0.1) is 0 Å². The van der Waals surface area contributed by atoms with Crippen molar-refractivity contribution in [2.75, 3.05) is 5.75 Å². The van der Waals surface area contributed by atoms with Crippen LogP contribution in [0.4, 0.5) is 0 Å². The molecule has 2 amide bonds. The fraction of sp³-hybridized carbons (Fsp3) is 0.263. The Labute approximate surface area is 170 Å². The minimum Gasteiger partial charge on any atom is -0.272 e. The molecule has 2 N–H and O–H groups in total. The van der Waals surface area contributed by atoms with Gasteiger partial charge in [-0.2, -0.15) is 5.10 Å². The van der Waals surface area contributed by atoms with E-state index in [0.717, 1.165) is 5.75 Å². The van der Waals surface area contributed by atoms with Crippen molar-refractivity contribution in [2.24, 2.45) is 0 Å². The molecule has 0 atom stereocenters. The SMILES string of the molecule is CCCn1nc(C(=O)NNC(=O)CSCc2cccs2)c2ccccc2c1=O. The number of benzene rings is 1. The van der Waals surface area contributed by atoms with E-state index in [1.165, 1.54) is 21.3 Å². The first-order chi connectivity index (χ1) is 13.6. The maximum absolute atomic E-state index is 12.6. The van der Waals surface area contributed by atoms with Gasteiger partial charge in [-0.3, -0.25) is 25.2 Å². The summed E-state index contributed by atoms with van der Waals surface area (Å²) < 4.78 is 1.29. The van der Waals surface area contributed by atoms with Crippen LogP contribution >= 0.6 is 23.1 Å². The van der Waals surface area contributed by atoms with Gasteiger partial charge in [-0.1, -0.05) is 31.2 Å². The summed E-state index contributed by atoms with van der Waals surface area (Å²) in [5.41, 5.74) is 4.68. The normalized spacial score (nSPS) is 10.8. The van der Waals surface area contributed by atoms with Crippen LogP contribution in [0.3, 0.4) is 0 Å². The van der Waals surface area contributed by atoms with Gasteiger partial charge >= 0.3 is 0 Å². The van der Waals surface area contributed by atoms with Gasteiger partial charge in [0.2, 0.25) is 5.91 Å². The highest BCUT2D eigenvalue weighted by Crippen LogP contribution is 2.16. The van der Waals surface area contributed by atoms with Gasteiger partial charge in [0, 0.05) is 22.6 Å². The van der Waals surface area contributed by atoms with Crippen LogP contribution in [0.15, 0.2) is 46.6 Å². The molecule has 0 aliphatic heterocycles. The molecule has 2 aromatic heterocycles. The monoisotopic (exact) mass is 416 g/mol. The van der Waals surface area contributed by atoms with Crippen LogP contribution in [-0.2, 0) is 17.1 Å². The van der Waals surface area contributed by atoms with Crippen molar-refractivity contribution in [2.45, 2.75) is 25.6 Å². The third-order valence-corrected chi connectivity index (χ3v) is 5.93. The summed E-state index contributed by atoms with van der Waals surface area (Å²) in [6.07, 6.45) is 0.713. The third kappa shape index (κ3) is 4.79. The maximum Gasteiger partial charge on any atom is 0.290 e. The van der Waals surface area contributed by atoms with Gasteiger partial charge in [0.1, 0.15) is 0 Å². The molecule has 146 valence electrons. The molecular weight excluding hydrogens is 396 g/mol. The Morgan fingerprint density at radius 1 is 1.14 bits per heavy atom. The van der Waals surface area contributed by atoms with E-state index in [-0.39, 0.29) is 22.9 Å². The zero-order chi connectivity index (χ0) is 19.9. The number of carbonyl (C=O) groups is 2. The fourth-order valence-corrected chi connectivity index (χ4v) is 4.30. The largest absolute Gasteiger partial charge is 0.290 e. The van der Waals surface area contributed by atoms with E-state index in [0.29, 0.717) is 23.7 Å². The minimum atomic E-state index is -0.558. The number of hydrazine groups is 1. The lowest BCUT2D eigenvalue weighted by Gasteiger charge is -2.11. The van der Waals surface area contributed by atoms with Crippen molar-refractivity contribution in [3.05, 3.63) is 62.7 Å². The first-order valence-corrected chi connectivity index (χ1v) is 10.8. The Bertz CT molecular complexity index is 1030. The van der Waals surface area contributed by atoms with Gasteiger partial charge in [0.15, 0.2) is 5.69 Å². The minimum absolute atomic E-state index is 0.107. The number of rotatable bonds is 7. The Morgan fingerprint density at radius 2 is 1.93 bits per heavy atom. The summed E-state index contributed by atoms with van der Waals surface area (Å²) in [6.45, 7) is 2.34. The molecule has 1 aromatic carbocycles. The van der Waals surface area contributed by atoms with Crippen LogP contribution in [0.1, 0.15) is 28.7 Å². The first kappa shape index (κ1) is 20.1. The number of aromatic nitrogens is 2. The zero-order valence-electron chi connectivity index (χ0n) is 15.3. The Morgan fingerprint density at radius 3 is 2.64 bits per heavy atom. The molecule has 0 radical (unpaired) electrons. The highest BCUT2D eigenvalue weighted by atomic mass is 32.2. The maximum atomic E-state index is 12.6. The van der Waals surface area contributed by atoms with Gasteiger partial charge < -0.3 is 0 Å². The number of fused-ring (bicyclic) bond motifs is 1. The molecule has 9 heteroatoms. The van der Waals surface area contributed by atoms with E-state index < -0.39 is 5.91 Å². The lowest BCUT2D eigenvalue weighted by atomic mass is 10.1. The number of carbonyl (C=O) groups excluding carboxylic acids is 2. The summed E-state index contributed by atoms with van der Waals surface area (Å²) in [5.74, 6) is 0.105. The number of nitrogens with zero attached hydrogens (tertiary/aromatic N) is 2. The van der Waals surface area contributed by atoms with E-state index in [9.17, 15) is 14.4 Å². The highest BCUT2D eigenvalue weighted by Gasteiger charge is 2.17. The average molecular weight is 417 g/mol. The second-order valence-electron chi connectivity index (χ2n) is 6.00. The van der Waals surface area contributed by atoms with Crippen molar-refractivity contribution >= 4 is 45.7 Å². The standard InChI is InChI=1S/C19H20N4O3S2/c1-2-9-23-19(26)15-8-4-3-7-14(15)17(22-23)18(25)21-20-16(24)12-27-11-13-6-5-10-28-13/h3-8,10H,2,9,11-12H2,1H3,(H,20,24)(H,21,25). The van der Waals surface area contributed by atoms with Crippen molar-refractivity contribution in [1.29, 1.82) is 0 Å². The number of nitrogens with one attached hydrogen (secondary N) is 2. The number of amides is 2. The average Bonchev–Trinajstić information content (AvgIpc) is 3.22. The molecule has 7 nitrogen and oxygen atoms in total. The van der Waals surface area contributed by atoms with Crippen molar-refractivity contribution in [1.82, 2.24) is 20.6 Å². The molecule has 28 heavy (non-hydrogen) atoms. The number of aryl methyl sites for hydroxylation is 1. The predicted molar refractivity (Wildman–Crippen MR) is 112 cm³/mol. The fourth-order valence-electron chi connectivity index (χ4n) is 2.63. The first-order valence-electron chi connectivity index (χ1n) is 8.79. The van der Waals surface area contributed by atoms with E-state index >= 15 is 0 Å². The van der Waals surface area contributed by atoms with Crippen LogP contribution in [0.2, 0.25) is 0 Å². The molecular formula is C19H20N4O3S2. The van der Waals surface area contributed by atoms with Gasteiger partial charge in [0.25, 0.3) is 11.5 Å². The highest BCUT2D eigenvalue weighted by molar-refractivity contribution is 7.99. The van der Waals surface area contributed by atoms with Crippen molar-refractivity contribution in [3.8, 4) is 0 Å². The van der Waals surface area contributed by atoms with E-state index in [1.807, 2.05) is 24.4 Å². The lowest BCUT2D eigenvalue weighted by Crippen LogP contribution is -2.43. The van der Waals surface area contributed by atoms with Crippen molar-refractivity contribution in [3.63, 3.8) is 0 Å². The molecule has 3 aromatic rings. The molecule has 0 saturated heterocycles. The van der Waals surface area contributed by atoms with Gasteiger partial charge in [-0.15, -0.1) is 23.1 Å². The summed E-state index contributed by atoms with van der Waals surface area (Å²) in [6, 6.07) is 10.8. The topological polar surface area (TPSA) is 93.1 Å². The smallest absolute Gasteiger partial charge is 0.272 e. The van der Waals surface area contributed by atoms with E-state index in [4.69, 9.17) is 0 Å². The third-order valence-electron chi connectivity index (χ3n) is 3.89. The zero-order valence-corrected chi connectivity index (χ0v) is 16.9. The van der Waals surface area contributed by atoms with Crippen LogP contribution < -0.4 is 16.4 Å². The predicted octanol–water partition coefficient (Wildman–Crippen LogP) is 2.56. The summed E-state index contributed by atoms with van der Waals surface area (Å²) in [4.78, 5) is 38.2. The molecule has 3 rings (SSSR count). The quantitative estimate of drug-likeness (QED) is 0.578. The summed E-state index contributed by atoms with van der Waals surface area (Å²) >= 11 is 3.11. The molecule has 2 heterocycles. The van der Waals surface area contributed by atoms with Crippen LogP contribution in [0.5, 0.6) is 0 Å². The van der Waals surface area contributed by atoms with Crippen LogP contribution in [0.25, 0.3) is 10.8 Å². The lowest BCUT2D eigenvalue weighted by molar-refractivity contribution is -0.119. The molecule has 0 unspecified atom stereocenters. The molecule has 0 saturated carbocycles. The molecule has 0 spiro atoms. The molecule has 0 bridgehead atoms. The van der Waals surface area contributed by atoms with Gasteiger partial charge in [0.05, 0.1) is 11.1 Å². The second-order valence-corrected chi connectivity index (χ2v) is 8.01.